The van der Waals surface area contributed by atoms with E-state index in [9.17, 15) is 14.9 Å². The predicted octanol–water partition coefficient (Wildman–Crippen LogP) is 3.22. The SMILES string of the molecule is Cc1cc(C(=O)N/N=C\c2ccc(Cl)c([N+](=O)[O-])c2)c(C)o1. The van der Waals surface area contributed by atoms with Gasteiger partial charge in [0.1, 0.15) is 16.5 Å². The maximum atomic E-state index is 11.9. The van der Waals surface area contributed by atoms with Crippen LogP contribution in [0.3, 0.4) is 0 Å². The van der Waals surface area contributed by atoms with Crippen molar-refractivity contribution in [2.45, 2.75) is 13.8 Å². The fraction of sp³-hybridized carbons (Fsp3) is 0.143. The van der Waals surface area contributed by atoms with E-state index in [-0.39, 0.29) is 10.7 Å². The number of hydrazone groups is 1. The van der Waals surface area contributed by atoms with Gasteiger partial charge in [0, 0.05) is 11.6 Å². The Balaban J connectivity index is 2.10. The smallest absolute Gasteiger partial charge is 0.288 e. The Morgan fingerprint density at radius 1 is 1.41 bits per heavy atom. The molecule has 8 heteroatoms. The third kappa shape index (κ3) is 3.50. The van der Waals surface area contributed by atoms with Crippen LogP contribution >= 0.6 is 11.6 Å². The largest absolute Gasteiger partial charge is 0.466 e. The number of halogens is 1. The molecule has 2 aromatic rings. The fourth-order valence-corrected chi connectivity index (χ4v) is 2.02. The summed E-state index contributed by atoms with van der Waals surface area (Å²) >= 11 is 5.71. The van der Waals surface area contributed by atoms with Gasteiger partial charge >= 0.3 is 0 Å². The first kappa shape index (κ1) is 15.7. The van der Waals surface area contributed by atoms with Crippen molar-refractivity contribution >= 4 is 29.4 Å². The maximum Gasteiger partial charge on any atom is 0.288 e. The summed E-state index contributed by atoms with van der Waals surface area (Å²) in [6.45, 7) is 3.41. The summed E-state index contributed by atoms with van der Waals surface area (Å²) in [5.41, 5.74) is 2.94. The Morgan fingerprint density at radius 2 is 2.14 bits per heavy atom. The van der Waals surface area contributed by atoms with Gasteiger partial charge in [-0.15, -0.1) is 0 Å². The lowest BCUT2D eigenvalue weighted by Crippen LogP contribution is -2.17. The molecule has 0 aliphatic rings. The molecule has 0 bridgehead atoms. The van der Waals surface area contributed by atoms with Crippen LogP contribution in [-0.4, -0.2) is 17.0 Å². The summed E-state index contributed by atoms with van der Waals surface area (Å²) in [7, 11) is 0. The highest BCUT2D eigenvalue weighted by Gasteiger charge is 2.13. The summed E-state index contributed by atoms with van der Waals surface area (Å²) in [6.07, 6.45) is 1.30. The number of nitro benzene ring substituents is 1. The molecule has 22 heavy (non-hydrogen) atoms. The minimum atomic E-state index is -0.587. The van der Waals surface area contributed by atoms with Crippen LogP contribution in [0.25, 0.3) is 0 Å². The molecule has 1 heterocycles. The first-order chi connectivity index (χ1) is 10.4. The second-order valence-corrected chi connectivity index (χ2v) is 4.90. The van der Waals surface area contributed by atoms with Crippen molar-refractivity contribution in [2.24, 2.45) is 5.10 Å². The van der Waals surface area contributed by atoms with E-state index < -0.39 is 10.8 Å². The van der Waals surface area contributed by atoms with Crippen LogP contribution in [0, 0.1) is 24.0 Å². The number of carbonyl (C=O) groups excluding carboxylic acids is 1. The number of nitrogens with zero attached hydrogens (tertiary/aromatic N) is 2. The van der Waals surface area contributed by atoms with Crippen LogP contribution in [0.5, 0.6) is 0 Å². The highest BCUT2D eigenvalue weighted by atomic mass is 35.5. The zero-order chi connectivity index (χ0) is 16.3. The average molecular weight is 322 g/mol. The maximum absolute atomic E-state index is 11.9. The van der Waals surface area contributed by atoms with Crippen LogP contribution in [0.15, 0.2) is 33.8 Å². The van der Waals surface area contributed by atoms with Gasteiger partial charge in [-0.3, -0.25) is 14.9 Å². The van der Waals surface area contributed by atoms with Gasteiger partial charge in [0.15, 0.2) is 0 Å². The zero-order valence-electron chi connectivity index (χ0n) is 11.8. The Hall–Kier alpha value is -2.67. The Bertz CT molecular complexity index is 767. The number of benzene rings is 1. The van der Waals surface area contributed by atoms with Gasteiger partial charge in [0.25, 0.3) is 11.6 Å². The molecule has 114 valence electrons. The van der Waals surface area contributed by atoms with E-state index in [0.29, 0.717) is 22.6 Å². The van der Waals surface area contributed by atoms with E-state index in [2.05, 4.69) is 10.5 Å². The summed E-state index contributed by atoms with van der Waals surface area (Å²) in [4.78, 5) is 22.1. The van der Waals surface area contributed by atoms with Crippen molar-refractivity contribution in [2.75, 3.05) is 0 Å². The van der Waals surface area contributed by atoms with Crippen LogP contribution < -0.4 is 5.43 Å². The van der Waals surface area contributed by atoms with Gasteiger partial charge < -0.3 is 4.42 Å². The number of furan rings is 1. The Kier molecular flexibility index (Phi) is 4.57. The number of hydrogen-bond donors (Lipinski definition) is 1. The third-order valence-electron chi connectivity index (χ3n) is 2.83. The molecule has 0 fully saturated rings. The van der Waals surface area contributed by atoms with E-state index in [1.165, 1.54) is 18.3 Å². The summed E-state index contributed by atoms with van der Waals surface area (Å²) in [5.74, 6) is 0.696. The van der Waals surface area contributed by atoms with E-state index in [4.69, 9.17) is 16.0 Å². The second-order valence-electron chi connectivity index (χ2n) is 4.49. The van der Waals surface area contributed by atoms with Gasteiger partial charge in [-0.1, -0.05) is 17.7 Å². The van der Waals surface area contributed by atoms with Crippen molar-refractivity contribution in [3.63, 3.8) is 0 Å². The van der Waals surface area contributed by atoms with E-state index in [1.807, 2.05) is 0 Å². The number of carbonyl (C=O) groups is 1. The molecule has 0 saturated carbocycles. The lowest BCUT2D eigenvalue weighted by atomic mass is 10.2. The van der Waals surface area contributed by atoms with Gasteiger partial charge in [0.2, 0.25) is 0 Å². The fourth-order valence-electron chi connectivity index (χ4n) is 1.83. The molecule has 0 unspecified atom stereocenters. The number of hydrogen-bond acceptors (Lipinski definition) is 5. The van der Waals surface area contributed by atoms with E-state index in [1.54, 1.807) is 26.0 Å². The molecular weight excluding hydrogens is 310 g/mol. The van der Waals surface area contributed by atoms with Crippen molar-refractivity contribution < 1.29 is 14.1 Å². The van der Waals surface area contributed by atoms with Crippen LogP contribution in [0.4, 0.5) is 5.69 Å². The molecule has 2 rings (SSSR count). The number of nitrogens with one attached hydrogen (secondary N) is 1. The van der Waals surface area contributed by atoms with Crippen LogP contribution in [-0.2, 0) is 0 Å². The molecule has 1 amide bonds. The van der Waals surface area contributed by atoms with Crippen molar-refractivity contribution in [1.29, 1.82) is 0 Å². The second kappa shape index (κ2) is 6.40. The highest BCUT2D eigenvalue weighted by molar-refractivity contribution is 6.32. The lowest BCUT2D eigenvalue weighted by Gasteiger charge is -1.98. The Morgan fingerprint density at radius 3 is 2.73 bits per heavy atom. The quantitative estimate of drug-likeness (QED) is 0.531. The molecular formula is C14H12ClN3O4. The molecule has 0 spiro atoms. The predicted molar refractivity (Wildman–Crippen MR) is 81.3 cm³/mol. The van der Waals surface area contributed by atoms with Crippen LogP contribution in [0.1, 0.15) is 27.4 Å². The van der Waals surface area contributed by atoms with Crippen LogP contribution in [0.2, 0.25) is 5.02 Å². The molecule has 0 aliphatic heterocycles. The van der Waals surface area contributed by atoms with Crippen molar-refractivity contribution in [1.82, 2.24) is 5.43 Å². The molecule has 0 saturated heterocycles. The molecule has 1 N–H and O–H groups in total. The van der Waals surface area contributed by atoms with Gasteiger partial charge in [-0.2, -0.15) is 5.10 Å². The first-order valence-electron chi connectivity index (χ1n) is 6.23. The standard InChI is InChI=1S/C14H12ClN3O4/c1-8-5-11(9(2)22-8)14(19)17-16-7-10-3-4-12(15)13(6-10)18(20)21/h3-7H,1-2H3,(H,17,19)/b16-7-. The van der Waals surface area contributed by atoms with E-state index >= 15 is 0 Å². The van der Waals surface area contributed by atoms with Crippen molar-refractivity contribution in [3.05, 3.63) is 62.0 Å². The van der Waals surface area contributed by atoms with Gasteiger partial charge in [0.05, 0.1) is 16.7 Å². The number of amides is 1. The topological polar surface area (TPSA) is 97.7 Å². The first-order valence-corrected chi connectivity index (χ1v) is 6.60. The third-order valence-corrected chi connectivity index (χ3v) is 3.15. The molecule has 0 aliphatic carbocycles. The average Bonchev–Trinajstić information content (AvgIpc) is 2.79. The number of nitro groups is 1. The van der Waals surface area contributed by atoms with Gasteiger partial charge in [-0.25, -0.2) is 5.43 Å². The molecule has 0 atom stereocenters. The summed E-state index contributed by atoms with van der Waals surface area (Å²) < 4.78 is 5.25. The number of aryl methyl sites for hydroxylation is 2. The normalized spacial score (nSPS) is 10.9. The zero-order valence-corrected chi connectivity index (χ0v) is 12.5. The molecule has 0 radical (unpaired) electrons. The monoisotopic (exact) mass is 321 g/mol. The molecule has 7 nitrogen and oxygen atoms in total. The Labute approximate surface area is 130 Å². The van der Waals surface area contributed by atoms with Crippen molar-refractivity contribution in [3.8, 4) is 0 Å². The van der Waals surface area contributed by atoms with Gasteiger partial charge in [-0.05, 0) is 26.0 Å². The molecule has 1 aromatic carbocycles. The highest BCUT2D eigenvalue weighted by Crippen LogP contribution is 2.24. The number of rotatable bonds is 4. The summed E-state index contributed by atoms with van der Waals surface area (Å²) in [6, 6.07) is 5.82. The molecule has 1 aromatic heterocycles. The van der Waals surface area contributed by atoms with E-state index in [0.717, 1.165) is 0 Å². The summed E-state index contributed by atoms with van der Waals surface area (Å²) in [5, 5.41) is 14.6. The minimum absolute atomic E-state index is 0.0377. The lowest BCUT2D eigenvalue weighted by molar-refractivity contribution is -0.384. The minimum Gasteiger partial charge on any atom is -0.466 e.